The van der Waals surface area contributed by atoms with Gasteiger partial charge in [-0.25, -0.2) is 0 Å². The van der Waals surface area contributed by atoms with Crippen LogP contribution in [0.5, 0.6) is 0 Å². The summed E-state index contributed by atoms with van der Waals surface area (Å²) < 4.78 is 10.4. The Morgan fingerprint density at radius 2 is 2.20 bits per heavy atom. The summed E-state index contributed by atoms with van der Waals surface area (Å²) in [5.74, 6) is -1.21. The first-order valence-electron chi connectivity index (χ1n) is 6.35. The van der Waals surface area contributed by atoms with Gasteiger partial charge in [-0.05, 0) is 24.6 Å². The molecule has 0 bridgehead atoms. The summed E-state index contributed by atoms with van der Waals surface area (Å²) in [4.78, 5) is 13.2. The predicted octanol–water partition coefficient (Wildman–Crippen LogP) is -2.65. The maximum atomic E-state index is 11.1. The molecular formula is C14H18LiNO4. The fraction of sp³-hybridized carbons (Fsp3) is 0.500. The van der Waals surface area contributed by atoms with Gasteiger partial charge in [0.1, 0.15) is 6.10 Å². The maximum Gasteiger partial charge on any atom is 1.00 e. The molecule has 1 heterocycles. The van der Waals surface area contributed by atoms with Crippen molar-refractivity contribution in [2.45, 2.75) is 19.1 Å². The van der Waals surface area contributed by atoms with Gasteiger partial charge in [0.2, 0.25) is 0 Å². The Balaban J connectivity index is 0.00000200. The zero-order chi connectivity index (χ0) is 13.8. The van der Waals surface area contributed by atoms with Gasteiger partial charge in [0.05, 0.1) is 12.1 Å². The van der Waals surface area contributed by atoms with E-state index in [2.05, 4.69) is 4.90 Å². The minimum atomic E-state index is -1.21. The Kier molecular flexibility index (Phi) is 6.57. The number of carbonyl (C=O) groups is 1. The van der Waals surface area contributed by atoms with Crippen molar-refractivity contribution < 1.29 is 38.2 Å². The van der Waals surface area contributed by atoms with Crippen molar-refractivity contribution in [3.05, 3.63) is 29.8 Å². The number of aliphatic carboxylic acids is 1. The summed E-state index contributed by atoms with van der Waals surface area (Å²) in [5.41, 5.74) is 1.59. The monoisotopic (exact) mass is 271 g/mol. The molecule has 20 heavy (non-hydrogen) atoms. The molecule has 0 aliphatic carbocycles. The van der Waals surface area contributed by atoms with Crippen LogP contribution >= 0.6 is 0 Å². The summed E-state index contributed by atoms with van der Waals surface area (Å²) in [6.07, 6.45) is -0.753. The van der Waals surface area contributed by atoms with E-state index in [1.54, 1.807) is 20.1 Å². The van der Waals surface area contributed by atoms with Crippen molar-refractivity contribution in [2.24, 2.45) is 0 Å². The van der Waals surface area contributed by atoms with E-state index < -0.39 is 12.1 Å². The fourth-order valence-electron chi connectivity index (χ4n) is 2.15. The Morgan fingerprint density at radius 1 is 1.50 bits per heavy atom. The van der Waals surface area contributed by atoms with Crippen LogP contribution in [0.2, 0.25) is 0 Å². The quantitative estimate of drug-likeness (QED) is 0.529. The van der Waals surface area contributed by atoms with Crippen LogP contribution < -0.4 is 28.9 Å². The molecule has 0 saturated carbocycles. The molecule has 104 valence electrons. The molecule has 1 aromatic carbocycles. The molecule has 1 saturated heterocycles. The molecule has 1 aromatic rings. The van der Waals surface area contributed by atoms with E-state index in [0.29, 0.717) is 12.2 Å². The van der Waals surface area contributed by atoms with Gasteiger partial charge in [-0.2, -0.15) is 0 Å². The number of carbonyl (C=O) groups excluding carboxylic acids is 1. The first-order chi connectivity index (χ1) is 9.15. The second-order valence-corrected chi connectivity index (χ2v) is 4.51. The molecule has 2 rings (SSSR count). The van der Waals surface area contributed by atoms with E-state index in [4.69, 9.17) is 9.47 Å². The zero-order valence-electron chi connectivity index (χ0n) is 12.2. The average Bonchev–Trinajstić information content (AvgIpc) is 2.34. The molecule has 5 nitrogen and oxygen atoms in total. The van der Waals surface area contributed by atoms with E-state index in [1.165, 1.54) is 0 Å². The molecule has 0 N–H and O–H groups in total. The largest absolute Gasteiger partial charge is 1.00 e. The third kappa shape index (κ3) is 3.77. The molecule has 0 amide bonds. The molecule has 0 aromatic heterocycles. The standard InChI is InChI=1S/C14H19NO4.Li/c1-3-19-13(14(16)17)10-5-4-6-11(7-10)15-8-12(9-15)18-2;/h4-7,12-13H,3,8-9H2,1-2H3,(H,16,17);/q;+1/p-1. The van der Waals surface area contributed by atoms with E-state index in [-0.39, 0.29) is 25.0 Å². The van der Waals surface area contributed by atoms with E-state index in [1.807, 2.05) is 18.2 Å². The van der Waals surface area contributed by atoms with Crippen LogP contribution in [-0.2, 0) is 14.3 Å². The van der Waals surface area contributed by atoms with Gasteiger partial charge in [0.25, 0.3) is 0 Å². The number of benzene rings is 1. The summed E-state index contributed by atoms with van der Waals surface area (Å²) in [7, 11) is 1.69. The molecular weight excluding hydrogens is 253 g/mol. The van der Waals surface area contributed by atoms with Gasteiger partial charge in [0.15, 0.2) is 0 Å². The van der Waals surface area contributed by atoms with Crippen molar-refractivity contribution in [2.75, 3.05) is 31.7 Å². The molecule has 1 atom stereocenters. The van der Waals surface area contributed by atoms with Crippen LogP contribution in [0, 0.1) is 0 Å². The fourth-order valence-corrected chi connectivity index (χ4v) is 2.15. The van der Waals surface area contributed by atoms with Crippen molar-refractivity contribution >= 4 is 11.7 Å². The molecule has 1 fully saturated rings. The number of nitrogens with zero attached hydrogens (tertiary/aromatic N) is 1. The Bertz CT molecular complexity index is 449. The average molecular weight is 271 g/mol. The van der Waals surface area contributed by atoms with Crippen LogP contribution in [0.1, 0.15) is 18.6 Å². The van der Waals surface area contributed by atoms with Gasteiger partial charge in [0, 0.05) is 32.5 Å². The first-order valence-corrected chi connectivity index (χ1v) is 6.35. The minimum absolute atomic E-state index is 0. The van der Waals surface area contributed by atoms with Crippen molar-refractivity contribution in [1.29, 1.82) is 0 Å². The van der Waals surface area contributed by atoms with E-state index in [0.717, 1.165) is 18.8 Å². The van der Waals surface area contributed by atoms with E-state index in [9.17, 15) is 9.90 Å². The van der Waals surface area contributed by atoms with Crippen LogP contribution in [0.3, 0.4) is 0 Å². The van der Waals surface area contributed by atoms with Gasteiger partial charge in [-0.3, -0.25) is 0 Å². The number of hydrogen-bond donors (Lipinski definition) is 0. The van der Waals surface area contributed by atoms with Gasteiger partial charge in [-0.15, -0.1) is 0 Å². The van der Waals surface area contributed by atoms with Crippen molar-refractivity contribution in [3.8, 4) is 0 Å². The summed E-state index contributed by atoms with van der Waals surface area (Å²) in [6, 6.07) is 7.36. The minimum Gasteiger partial charge on any atom is -0.547 e. The summed E-state index contributed by atoms with van der Waals surface area (Å²) in [5, 5.41) is 11.1. The third-order valence-corrected chi connectivity index (χ3v) is 3.27. The van der Waals surface area contributed by atoms with Gasteiger partial charge < -0.3 is 24.3 Å². The van der Waals surface area contributed by atoms with Crippen LogP contribution in [0.15, 0.2) is 24.3 Å². The maximum absolute atomic E-state index is 11.1. The van der Waals surface area contributed by atoms with Crippen LogP contribution in [0.25, 0.3) is 0 Å². The van der Waals surface area contributed by atoms with Crippen molar-refractivity contribution in [1.82, 2.24) is 0 Å². The molecule has 1 unspecified atom stereocenters. The Morgan fingerprint density at radius 3 is 2.75 bits per heavy atom. The molecule has 1 aliphatic rings. The molecule has 0 radical (unpaired) electrons. The third-order valence-electron chi connectivity index (χ3n) is 3.27. The van der Waals surface area contributed by atoms with Gasteiger partial charge >= 0.3 is 18.9 Å². The Labute approximate surface area is 131 Å². The smallest absolute Gasteiger partial charge is 0.547 e. The van der Waals surface area contributed by atoms with Crippen LogP contribution in [0.4, 0.5) is 5.69 Å². The number of carboxylic acids is 1. The summed E-state index contributed by atoms with van der Waals surface area (Å²) in [6.45, 7) is 3.74. The molecule has 6 heteroatoms. The Hall–Kier alpha value is -0.993. The van der Waals surface area contributed by atoms with E-state index >= 15 is 0 Å². The first kappa shape index (κ1) is 17.1. The normalized spacial score (nSPS) is 16.2. The topological polar surface area (TPSA) is 61.8 Å². The number of rotatable bonds is 6. The predicted molar refractivity (Wildman–Crippen MR) is 68.8 cm³/mol. The SMILES string of the molecule is CCOC(C(=O)[O-])c1cccc(N2CC(OC)C2)c1.[Li+]. The number of methoxy groups -OCH3 is 1. The number of ether oxygens (including phenoxy) is 2. The van der Waals surface area contributed by atoms with Gasteiger partial charge in [-0.1, -0.05) is 12.1 Å². The summed E-state index contributed by atoms with van der Waals surface area (Å²) >= 11 is 0. The van der Waals surface area contributed by atoms with Crippen LogP contribution in [-0.4, -0.2) is 38.9 Å². The molecule has 1 aliphatic heterocycles. The molecule has 0 spiro atoms. The number of carboxylic acid groups (broad SMARTS) is 1. The van der Waals surface area contributed by atoms with Crippen molar-refractivity contribution in [3.63, 3.8) is 0 Å². The second-order valence-electron chi connectivity index (χ2n) is 4.51. The number of anilines is 1. The number of hydrogen-bond acceptors (Lipinski definition) is 5. The zero-order valence-corrected chi connectivity index (χ0v) is 12.2. The second kappa shape index (κ2) is 7.70.